The summed E-state index contributed by atoms with van der Waals surface area (Å²) in [5, 5.41) is 0.109. The van der Waals surface area contributed by atoms with Crippen molar-refractivity contribution in [3.63, 3.8) is 0 Å². The molecule has 0 unspecified atom stereocenters. The van der Waals surface area contributed by atoms with Gasteiger partial charge in [0.05, 0.1) is 12.7 Å². The number of hydrogen-bond acceptors (Lipinski definition) is 5. The highest BCUT2D eigenvalue weighted by atomic mass is 28.4. The topological polar surface area (TPSA) is 46.2 Å². The summed E-state index contributed by atoms with van der Waals surface area (Å²) in [4.78, 5) is 0. The molecular weight excluding hydrogens is 504 g/mol. The zero-order valence-electron chi connectivity index (χ0n) is 26.7. The van der Waals surface area contributed by atoms with Crippen molar-refractivity contribution < 1.29 is 23.4 Å². The highest BCUT2D eigenvalue weighted by Gasteiger charge is 2.47. The molecule has 3 atom stereocenters. The molecule has 218 valence electrons. The second kappa shape index (κ2) is 11.9. The van der Waals surface area contributed by atoms with Crippen molar-refractivity contribution in [2.24, 2.45) is 5.92 Å². The van der Waals surface area contributed by atoms with Gasteiger partial charge in [0.25, 0.3) is 0 Å². The summed E-state index contributed by atoms with van der Waals surface area (Å²) in [5.74, 6) is 1.11. The van der Waals surface area contributed by atoms with Crippen molar-refractivity contribution in [1.82, 2.24) is 0 Å². The quantitative estimate of drug-likeness (QED) is 0.276. The van der Waals surface area contributed by atoms with Crippen LogP contribution in [0, 0.1) is 47.5 Å². The minimum Gasteiger partial charge on any atom is -0.493 e. The summed E-state index contributed by atoms with van der Waals surface area (Å²) in [6.45, 7) is 29.4. The fourth-order valence-electron chi connectivity index (χ4n) is 5.31. The van der Waals surface area contributed by atoms with E-state index in [4.69, 9.17) is 23.4 Å². The second-order valence-electron chi connectivity index (χ2n) is 13.5. The van der Waals surface area contributed by atoms with E-state index in [1.165, 1.54) is 11.1 Å². The van der Waals surface area contributed by atoms with Crippen molar-refractivity contribution in [3.05, 3.63) is 57.6 Å². The lowest BCUT2D eigenvalue weighted by atomic mass is 9.99. The monoisotopic (exact) mass is 556 g/mol. The predicted octanol–water partition coefficient (Wildman–Crippen LogP) is 8.15. The van der Waals surface area contributed by atoms with Gasteiger partial charge in [-0.15, -0.1) is 0 Å². The third-order valence-corrected chi connectivity index (χ3v) is 12.7. The van der Waals surface area contributed by atoms with Gasteiger partial charge in [0.1, 0.15) is 24.2 Å². The summed E-state index contributed by atoms with van der Waals surface area (Å²) < 4.78 is 32.7. The Labute approximate surface area is 238 Å². The summed E-state index contributed by atoms with van der Waals surface area (Å²) in [6, 6.07) is 8.66. The largest absolute Gasteiger partial charge is 0.493 e. The van der Waals surface area contributed by atoms with Crippen molar-refractivity contribution in [3.8, 4) is 11.5 Å². The molecule has 0 bridgehead atoms. The number of ether oxygens (including phenoxy) is 4. The van der Waals surface area contributed by atoms with Crippen LogP contribution in [0.3, 0.4) is 0 Å². The minimum atomic E-state index is -1.99. The van der Waals surface area contributed by atoms with Crippen LogP contribution in [0.1, 0.15) is 68.0 Å². The molecule has 0 amide bonds. The molecule has 0 radical (unpaired) electrons. The molecule has 1 heterocycles. The molecule has 1 aliphatic heterocycles. The summed E-state index contributed by atoms with van der Waals surface area (Å²) >= 11 is 0. The smallest absolute Gasteiger partial charge is 0.191 e. The number of hydrogen-bond donors (Lipinski definition) is 0. The van der Waals surface area contributed by atoms with Crippen LogP contribution in [0.25, 0.3) is 0 Å². The lowest BCUT2D eigenvalue weighted by Crippen LogP contribution is -2.46. The van der Waals surface area contributed by atoms with Crippen LogP contribution in [-0.4, -0.2) is 46.1 Å². The first-order chi connectivity index (χ1) is 17.9. The van der Waals surface area contributed by atoms with Gasteiger partial charge in [-0.05, 0) is 95.8 Å². The van der Waals surface area contributed by atoms with E-state index in [1.807, 2.05) is 13.8 Å². The van der Waals surface area contributed by atoms with E-state index in [0.29, 0.717) is 19.8 Å². The zero-order chi connectivity index (χ0) is 29.3. The highest BCUT2D eigenvalue weighted by molar-refractivity contribution is 6.74. The maximum Gasteiger partial charge on any atom is 0.191 e. The van der Waals surface area contributed by atoms with E-state index in [2.05, 4.69) is 99.7 Å². The molecule has 2 aromatic rings. The lowest BCUT2D eigenvalue weighted by molar-refractivity contribution is -0.154. The minimum absolute atomic E-state index is 0.0326. The standard InChI is InChI=1S/C33H52O5Si/c1-21-14-23(3)29(24(4)15-21)34-18-27(19-36-39(12,13)32(7,8)9)31-28(37-33(10,11)38-31)20-35-30-25(5)16-22(2)17-26(30)6/h14-17,27-28,31H,18-20H2,1-13H3/t27-,28-,31+/m1/s1. The Morgan fingerprint density at radius 3 is 1.69 bits per heavy atom. The average Bonchev–Trinajstić information content (AvgIpc) is 3.07. The molecule has 3 rings (SSSR count). The average molecular weight is 557 g/mol. The maximum absolute atomic E-state index is 6.75. The zero-order valence-corrected chi connectivity index (χ0v) is 27.7. The Morgan fingerprint density at radius 1 is 0.769 bits per heavy atom. The van der Waals surface area contributed by atoms with E-state index in [-0.39, 0.29) is 23.2 Å². The van der Waals surface area contributed by atoms with Gasteiger partial charge in [0.2, 0.25) is 0 Å². The summed E-state index contributed by atoms with van der Waals surface area (Å²) in [5.41, 5.74) is 7.03. The number of rotatable bonds is 10. The SMILES string of the molecule is Cc1cc(C)c(OC[C@H](CO[Si](C)(C)C(C)(C)C)[C@@H]2OC(C)(C)O[C@@H]2COc2c(C)cc(C)cc2C)c(C)c1. The van der Waals surface area contributed by atoms with E-state index in [0.717, 1.165) is 33.8 Å². The van der Waals surface area contributed by atoms with Crippen LogP contribution in [0.4, 0.5) is 0 Å². The van der Waals surface area contributed by atoms with Crippen LogP contribution in [0.2, 0.25) is 18.1 Å². The van der Waals surface area contributed by atoms with Crippen molar-refractivity contribution in [2.45, 2.75) is 112 Å². The van der Waals surface area contributed by atoms with Crippen LogP contribution in [0.5, 0.6) is 11.5 Å². The van der Waals surface area contributed by atoms with E-state index >= 15 is 0 Å². The summed E-state index contributed by atoms with van der Waals surface area (Å²) in [6.07, 6.45) is -0.487. The van der Waals surface area contributed by atoms with Crippen LogP contribution in [0.15, 0.2) is 24.3 Å². The van der Waals surface area contributed by atoms with Gasteiger partial charge in [0.15, 0.2) is 14.1 Å². The van der Waals surface area contributed by atoms with E-state index in [9.17, 15) is 0 Å². The third kappa shape index (κ3) is 7.87. The molecule has 1 saturated heterocycles. The molecule has 0 saturated carbocycles. The molecule has 0 N–H and O–H groups in total. The van der Waals surface area contributed by atoms with Gasteiger partial charge >= 0.3 is 0 Å². The van der Waals surface area contributed by atoms with Crippen molar-refractivity contribution >= 4 is 8.32 Å². The molecule has 1 aliphatic rings. The van der Waals surface area contributed by atoms with Crippen molar-refractivity contribution in [2.75, 3.05) is 19.8 Å². The molecular formula is C33H52O5Si. The van der Waals surface area contributed by atoms with E-state index in [1.54, 1.807) is 0 Å². The number of aryl methyl sites for hydroxylation is 6. The van der Waals surface area contributed by atoms with Gasteiger partial charge in [-0.3, -0.25) is 0 Å². The van der Waals surface area contributed by atoms with Gasteiger partial charge in [-0.1, -0.05) is 56.2 Å². The molecule has 0 aromatic heterocycles. The Bertz CT molecular complexity index is 1100. The van der Waals surface area contributed by atoms with Crippen LogP contribution in [-0.2, 0) is 13.9 Å². The molecule has 6 heteroatoms. The maximum atomic E-state index is 6.75. The molecule has 0 spiro atoms. The summed E-state index contributed by atoms with van der Waals surface area (Å²) in [7, 11) is -1.99. The third-order valence-electron chi connectivity index (χ3n) is 8.19. The molecule has 2 aromatic carbocycles. The van der Waals surface area contributed by atoms with Gasteiger partial charge < -0.3 is 23.4 Å². The van der Waals surface area contributed by atoms with Crippen LogP contribution >= 0.6 is 0 Å². The second-order valence-corrected chi connectivity index (χ2v) is 18.4. The molecule has 1 fully saturated rings. The molecule has 5 nitrogen and oxygen atoms in total. The molecule has 39 heavy (non-hydrogen) atoms. The first-order valence-electron chi connectivity index (χ1n) is 14.3. The normalized spacial score (nSPS) is 20.2. The van der Waals surface area contributed by atoms with Crippen LogP contribution < -0.4 is 9.47 Å². The lowest BCUT2D eigenvalue weighted by Gasteiger charge is -2.38. The number of benzene rings is 2. The Kier molecular flexibility index (Phi) is 9.69. The van der Waals surface area contributed by atoms with Gasteiger partial charge in [-0.25, -0.2) is 0 Å². The Morgan fingerprint density at radius 2 is 1.23 bits per heavy atom. The van der Waals surface area contributed by atoms with Gasteiger partial charge in [0, 0.05) is 12.5 Å². The Balaban J connectivity index is 1.87. The Hall–Kier alpha value is -1.86. The predicted molar refractivity (Wildman–Crippen MR) is 163 cm³/mol. The molecule has 0 aliphatic carbocycles. The fourth-order valence-corrected chi connectivity index (χ4v) is 6.37. The first kappa shape index (κ1) is 31.7. The first-order valence-corrected chi connectivity index (χ1v) is 17.2. The van der Waals surface area contributed by atoms with Crippen molar-refractivity contribution in [1.29, 1.82) is 0 Å². The van der Waals surface area contributed by atoms with E-state index < -0.39 is 14.1 Å². The fraction of sp³-hybridized carbons (Fsp3) is 0.636. The highest BCUT2D eigenvalue weighted by Crippen LogP contribution is 2.39. The van der Waals surface area contributed by atoms with Gasteiger partial charge in [-0.2, -0.15) is 0 Å².